The summed E-state index contributed by atoms with van der Waals surface area (Å²) < 4.78 is 5.42. The number of amides is 1. The van der Waals surface area contributed by atoms with Gasteiger partial charge < -0.3 is 9.42 Å². The molecule has 0 bridgehead atoms. The summed E-state index contributed by atoms with van der Waals surface area (Å²) >= 11 is 0. The second-order valence-electron chi connectivity index (χ2n) is 6.00. The monoisotopic (exact) mass is 323 g/mol. The van der Waals surface area contributed by atoms with E-state index in [0.29, 0.717) is 30.5 Å². The molecule has 1 amide bonds. The summed E-state index contributed by atoms with van der Waals surface area (Å²) in [6, 6.07) is 11.5. The quantitative estimate of drug-likeness (QED) is 0.799. The number of likely N-dealkylation sites (tertiary alicyclic amines) is 1. The zero-order valence-corrected chi connectivity index (χ0v) is 13.3. The van der Waals surface area contributed by atoms with Crippen molar-refractivity contribution in [2.75, 3.05) is 13.1 Å². The van der Waals surface area contributed by atoms with Crippen molar-refractivity contribution >= 4 is 5.91 Å². The number of benzene rings is 1. The molecule has 4 rings (SSSR count). The van der Waals surface area contributed by atoms with Gasteiger partial charge in [-0.15, -0.1) is 0 Å². The maximum Gasteiger partial charge on any atom is 0.274 e. The molecule has 1 atom stereocenters. The Labute approximate surface area is 138 Å². The molecule has 1 aromatic carbocycles. The van der Waals surface area contributed by atoms with E-state index in [0.717, 1.165) is 17.7 Å². The molecule has 2 aromatic heterocycles. The first-order valence-corrected chi connectivity index (χ1v) is 7.91. The third-order valence-electron chi connectivity index (χ3n) is 4.22. The van der Waals surface area contributed by atoms with Crippen molar-refractivity contribution in [3.05, 3.63) is 53.7 Å². The summed E-state index contributed by atoms with van der Waals surface area (Å²) in [5.41, 5.74) is 2.24. The number of aromatic amines is 1. The van der Waals surface area contributed by atoms with E-state index >= 15 is 0 Å². The fraction of sp³-hybridized carbons (Fsp3) is 0.294. The highest BCUT2D eigenvalue weighted by atomic mass is 16.5. The van der Waals surface area contributed by atoms with Crippen molar-refractivity contribution in [2.24, 2.45) is 0 Å². The van der Waals surface area contributed by atoms with Crippen LogP contribution in [0.2, 0.25) is 0 Å². The molecule has 1 fully saturated rings. The van der Waals surface area contributed by atoms with Crippen molar-refractivity contribution in [2.45, 2.75) is 19.3 Å². The molecule has 3 aromatic rings. The van der Waals surface area contributed by atoms with E-state index in [1.54, 1.807) is 11.0 Å². The van der Waals surface area contributed by atoms with E-state index < -0.39 is 0 Å². The van der Waals surface area contributed by atoms with E-state index in [2.05, 4.69) is 20.3 Å². The summed E-state index contributed by atoms with van der Waals surface area (Å²) in [6.45, 7) is 3.11. The topological polar surface area (TPSA) is 87.9 Å². The molecule has 1 saturated heterocycles. The largest absolute Gasteiger partial charge is 0.339 e. The molecular weight excluding hydrogens is 306 g/mol. The lowest BCUT2D eigenvalue weighted by Gasteiger charge is -2.13. The first kappa shape index (κ1) is 14.6. The number of hydrogen-bond acceptors (Lipinski definition) is 5. The highest BCUT2D eigenvalue weighted by Gasteiger charge is 2.32. The molecule has 3 heterocycles. The molecule has 7 heteroatoms. The van der Waals surface area contributed by atoms with Crippen LogP contribution in [0.4, 0.5) is 0 Å². The molecule has 0 radical (unpaired) electrons. The SMILES string of the molecule is Cc1cc(C(=O)N2CCC(c3nc(-c4ccccc4)no3)C2)n[nH]1. The third-order valence-corrected chi connectivity index (χ3v) is 4.22. The lowest BCUT2D eigenvalue weighted by Crippen LogP contribution is -2.28. The molecule has 1 unspecified atom stereocenters. The van der Waals surface area contributed by atoms with E-state index in [9.17, 15) is 4.79 Å². The van der Waals surface area contributed by atoms with Crippen molar-refractivity contribution in [3.63, 3.8) is 0 Å². The Morgan fingerprint density at radius 3 is 2.92 bits per heavy atom. The zero-order valence-electron chi connectivity index (χ0n) is 13.3. The second-order valence-corrected chi connectivity index (χ2v) is 6.00. The molecule has 0 spiro atoms. The van der Waals surface area contributed by atoms with Crippen LogP contribution in [-0.2, 0) is 0 Å². The number of H-pyrrole nitrogens is 1. The van der Waals surface area contributed by atoms with Gasteiger partial charge in [-0.25, -0.2) is 0 Å². The molecule has 1 aliphatic heterocycles. The minimum atomic E-state index is -0.0651. The summed E-state index contributed by atoms with van der Waals surface area (Å²) in [7, 11) is 0. The van der Waals surface area contributed by atoms with Crippen molar-refractivity contribution < 1.29 is 9.32 Å². The van der Waals surface area contributed by atoms with Crippen LogP contribution in [0.5, 0.6) is 0 Å². The predicted molar refractivity (Wildman–Crippen MR) is 86.3 cm³/mol. The van der Waals surface area contributed by atoms with E-state index in [1.165, 1.54) is 0 Å². The number of nitrogens with one attached hydrogen (secondary N) is 1. The summed E-state index contributed by atoms with van der Waals surface area (Å²) in [6.07, 6.45) is 0.811. The van der Waals surface area contributed by atoms with E-state index in [1.807, 2.05) is 37.3 Å². The Hall–Kier alpha value is -2.96. The van der Waals surface area contributed by atoms with Gasteiger partial charge in [0.2, 0.25) is 11.7 Å². The van der Waals surface area contributed by atoms with Crippen molar-refractivity contribution in [1.29, 1.82) is 0 Å². The molecule has 24 heavy (non-hydrogen) atoms. The van der Waals surface area contributed by atoms with E-state index in [-0.39, 0.29) is 11.8 Å². The highest BCUT2D eigenvalue weighted by molar-refractivity contribution is 5.92. The molecular formula is C17H17N5O2. The van der Waals surface area contributed by atoms with Crippen LogP contribution in [0.25, 0.3) is 11.4 Å². The average molecular weight is 323 g/mol. The Morgan fingerprint density at radius 2 is 2.17 bits per heavy atom. The lowest BCUT2D eigenvalue weighted by molar-refractivity contribution is 0.0783. The highest BCUT2D eigenvalue weighted by Crippen LogP contribution is 2.28. The fourth-order valence-corrected chi connectivity index (χ4v) is 2.94. The Bertz CT molecular complexity index is 855. The zero-order chi connectivity index (χ0) is 16.5. The van der Waals surface area contributed by atoms with Gasteiger partial charge in [0.05, 0.1) is 5.92 Å². The maximum absolute atomic E-state index is 12.4. The summed E-state index contributed by atoms with van der Waals surface area (Å²) in [5, 5.41) is 10.9. The maximum atomic E-state index is 12.4. The normalized spacial score (nSPS) is 17.4. The summed E-state index contributed by atoms with van der Waals surface area (Å²) in [5.74, 6) is 1.17. The Kier molecular flexibility index (Phi) is 3.60. The number of carbonyl (C=O) groups excluding carboxylic acids is 1. The summed E-state index contributed by atoms with van der Waals surface area (Å²) in [4.78, 5) is 18.7. The first-order valence-electron chi connectivity index (χ1n) is 7.91. The number of aryl methyl sites for hydroxylation is 1. The van der Waals surface area contributed by atoms with Crippen LogP contribution in [0.3, 0.4) is 0 Å². The van der Waals surface area contributed by atoms with Crippen LogP contribution in [0.1, 0.15) is 34.4 Å². The van der Waals surface area contributed by atoms with E-state index in [4.69, 9.17) is 4.52 Å². The van der Waals surface area contributed by atoms with Crippen LogP contribution < -0.4 is 0 Å². The predicted octanol–water partition coefficient (Wildman–Crippen LogP) is 2.40. The molecule has 0 aliphatic carbocycles. The second kappa shape index (κ2) is 5.92. The smallest absolute Gasteiger partial charge is 0.274 e. The third kappa shape index (κ3) is 2.68. The van der Waals surface area contributed by atoms with Crippen LogP contribution >= 0.6 is 0 Å². The molecule has 0 saturated carbocycles. The van der Waals surface area contributed by atoms with Gasteiger partial charge in [-0.1, -0.05) is 35.5 Å². The van der Waals surface area contributed by atoms with Gasteiger partial charge in [0.25, 0.3) is 5.91 Å². The van der Waals surface area contributed by atoms with Gasteiger partial charge in [0.1, 0.15) is 5.69 Å². The van der Waals surface area contributed by atoms with Gasteiger partial charge in [-0.3, -0.25) is 9.89 Å². The minimum Gasteiger partial charge on any atom is -0.339 e. The van der Waals surface area contributed by atoms with Gasteiger partial charge in [-0.2, -0.15) is 10.1 Å². The van der Waals surface area contributed by atoms with Crippen molar-refractivity contribution in [1.82, 2.24) is 25.2 Å². The van der Waals surface area contributed by atoms with Crippen LogP contribution in [-0.4, -0.2) is 44.2 Å². The standard InChI is InChI=1S/C17H17N5O2/c1-11-9-14(20-19-11)17(23)22-8-7-13(10-22)16-18-15(21-24-16)12-5-3-2-4-6-12/h2-6,9,13H,7-8,10H2,1H3,(H,19,20). The Morgan fingerprint density at radius 1 is 1.33 bits per heavy atom. The fourth-order valence-electron chi connectivity index (χ4n) is 2.94. The van der Waals surface area contributed by atoms with Gasteiger partial charge in [-0.05, 0) is 19.4 Å². The van der Waals surface area contributed by atoms with Crippen LogP contribution in [0.15, 0.2) is 40.9 Å². The lowest BCUT2D eigenvalue weighted by atomic mass is 10.1. The van der Waals surface area contributed by atoms with Crippen LogP contribution in [0, 0.1) is 6.92 Å². The number of nitrogens with zero attached hydrogens (tertiary/aromatic N) is 4. The Balaban J connectivity index is 1.47. The molecule has 7 nitrogen and oxygen atoms in total. The average Bonchev–Trinajstić information content (AvgIpc) is 3.35. The van der Waals surface area contributed by atoms with Crippen molar-refractivity contribution in [3.8, 4) is 11.4 Å². The minimum absolute atomic E-state index is 0.0651. The van der Waals surface area contributed by atoms with Gasteiger partial charge in [0, 0.05) is 24.3 Å². The number of aromatic nitrogens is 4. The molecule has 1 N–H and O–H groups in total. The van der Waals surface area contributed by atoms with Gasteiger partial charge in [0.15, 0.2) is 0 Å². The van der Waals surface area contributed by atoms with Gasteiger partial charge >= 0.3 is 0 Å². The number of carbonyl (C=O) groups is 1. The number of hydrogen-bond donors (Lipinski definition) is 1. The molecule has 1 aliphatic rings. The number of rotatable bonds is 3. The first-order chi connectivity index (χ1) is 11.7. The molecule has 122 valence electrons.